The van der Waals surface area contributed by atoms with Gasteiger partial charge in [-0.15, -0.1) is 0 Å². The zero-order chi connectivity index (χ0) is 27.4. The molecule has 0 aliphatic carbocycles. The lowest BCUT2D eigenvalue weighted by molar-refractivity contribution is -0.259. The summed E-state index contributed by atoms with van der Waals surface area (Å²) >= 11 is 0. The highest BCUT2D eigenvalue weighted by molar-refractivity contribution is 5.69. The third-order valence-corrected chi connectivity index (χ3v) is 7.76. The number of rotatable bonds is 11. The molecule has 0 unspecified atom stereocenters. The molecule has 0 saturated carbocycles. The van der Waals surface area contributed by atoms with Crippen LogP contribution in [0.25, 0.3) is 0 Å². The summed E-state index contributed by atoms with van der Waals surface area (Å²) in [6, 6.07) is 0. The van der Waals surface area contributed by atoms with Gasteiger partial charge in [-0.3, -0.25) is 9.59 Å². The Morgan fingerprint density at radius 1 is 0.667 bits per heavy atom. The number of nitrogens with zero attached hydrogens (tertiary/aromatic N) is 2. The zero-order valence-electron chi connectivity index (χ0n) is 24.0. The molecule has 0 bridgehead atoms. The van der Waals surface area contributed by atoms with Crippen LogP contribution in [0, 0.1) is 5.21 Å². The molecule has 0 amide bonds. The third kappa shape index (κ3) is 8.67. The van der Waals surface area contributed by atoms with Crippen LogP contribution >= 0.6 is 0 Å². The molecule has 36 heavy (non-hydrogen) atoms. The Labute approximate surface area is 218 Å². The first-order valence-electron chi connectivity index (χ1n) is 13.8. The Morgan fingerprint density at radius 2 is 0.972 bits per heavy atom. The lowest BCUT2D eigenvalue weighted by Crippen LogP contribution is -2.60. The predicted octanol–water partition coefficient (Wildman–Crippen LogP) is 6.12. The van der Waals surface area contributed by atoms with Crippen LogP contribution < -0.4 is 0 Å². The van der Waals surface area contributed by atoms with E-state index in [2.05, 4.69) is 0 Å². The second-order valence-corrected chi connectivity index (χ2v) is 13.5. The van der Waals surface area contributed by atoms with Gasteiger partial charge >= 0.3 is 11.9 Å². The Morgan fingerprint density at radius 3 is 1.33 bits per heavy atom. The van der Waals surface area contributed by atoms with E-state index in [1.807, 2.05) is 55.4 Å². The Kier molecular flexibility index (Phi) is 10.4. The van der Waals surface area contributed by atoms with Crippen LogP contribution in [-0.2, 0) is 19.1 Å². The van der Waals surface area contributed by atoms with Crippen LogP contribution in [0.15, 0.2) is 0 Å². The van der Waals surface area contributed by atoms with Crippen molar-refractivity contribution in [1.29, 1.82) is 0 Å². The van der Waals surface area contributed by atoms with E-state index in [0.29, 0.717) is 38.5 Å². The minimum atomic E-state index is -0.538. The maximum atomic E-state index is 12.4. The van der Waals surface area contributed by atoms with Gasteiger partial charge in [0, 0.05) is 60.7 Å². The maximum absolute atomic E-state index is 12.4. The van der Waals surface area contributed by atoms with E-state index in [4.69, 9.17) is 9.47 Å². The van der Waals surface area contributed by atoms with Gasteiger partial charge in [0.1, 0.15) is 12.2 Å². The molecular formula is C28H51N2O6-. The summed E-state index contributed by atoms with van der Waals surface area (Å²) in [4.78, 5) is 24.6. The van der Waals surface area contributed by atoms with Gasteiger partial charge in [0.15, 0.2) is 0 Å². The average molecular weight is 512 g/mol. The van der Waals surface area contributed by atoms with Crippen molar-refractivity contribution in [3.63, 3.8) is 0 Å². The second kappa shape index (κ2) is 12.1. The number of unbranched alkanes of at least 4 members (excludes halogenated alkanes) is 5. The fourth-order valence-electron chi connectivity index (χ4n) is 6.25. The van der Waals surface area contributed by atoms with E-state index >= 15 is 0 Å². The lowest BCUT2D eigenvalue weighted by atomic mass is 9.80. The number of carbonyl (C=O) groups is 2. The first-order chi connectivity index (χ1) is 16.5. The van der Waals surface area contributed by atoms with Gasteiger partial charge in [-0.25, -0.2) is 0 Å². The molecule has 2 fully saturated rings. The normalized spacial score (nSPS) is 24.4. The van der Waals surface area contributed by atoms with E-state index in [9.17, 15) is 20.0 Å². The largest absolute Gasteiger partial charge is 0.784 e. The van der Waals surface area contributed by atoms with Crippen LogP contribution in [-0.4, -0.2) is 61.6 Å². The molecule has 0 radical (unpaired) electrons. The minimum absolute atomic E-state index is 0.157. The zero-order valence-corrected chi connectivity index (χ0v) is 24.0. The van der Waals surface area contributed by atoms with E-state index in [0.717, 1.165) is 43.6 Å². The van der Waals surface area contributed by atoms with Crippen molar-refractivity contribution in [2.24, 2.45) is 0 Å². The van der Waals surface area contributed by atoms with Gasteiger partial charge in [-0.1, -0.05) is 25.7 Å². The van der Waals surface area contributed by atoms with Crippen molar-refractivity contribution in [2.45, 2.75) is 167 Å². The number of ether oxygens (including phenoxy) is 2. The number of hydroxylamine groups is 4. The highest BCUT2D eigenvalue weighted by atomic mass is 16.6. The summed E-state index contributed by atoms with van der Waals surface area (Å²) in [6.07, 6.45) is 8.37. The molecule has 1 N–H and O–H groups in total. The van der Waals surface area contributed by atoms with Gasteiger partial charge in [-0.05, 0) is 68.2 Å². The van der Waals surface area contributed by atoms with E-state index in [-0.39, 0.29) is 24.1 Å². The first-order valence-corrected chi connectivity index (χ1v) is 13.8. The quantitative estimate of drug-likeness (QED) is 0.261. The van der Waals surface area contributed by atoms with Gasteiger partial charge in [0.25, 0.3) is 0 Å². The average Bonchev–Trinajstić information content (AvgIpc) is 2.71. The molecular weight excluding hydrogens is 460 g/mol. The van der Waals surface area contributed by atoms with Gasteiger partial charge in [0.05, 0.1) is 0 Å². The van der Waals surface area contributed by atoms with Crippen molar-refractivity contribution in [1.82, 2.24) is 10.1 Å². The molecule has 8 nitrogen and oxygen atoms in total. The molecule has 2 aliphatic heterocycles. The molecule has 0 aromatic heterocycles. The van der Waals surface area contributed by atoms with Crippen LogP contribution in [0.4, 0.5) is 0 Å². The van der Waals surface area contributed by atoms with Crippen LogP contribution in [0.5, 0.6) is 0 Å². The first kappa shape index (κ1) is 31.0. The summed E-state index contributed by atoms with van der Waals surface area (Å²) in [6.45, 7) is 15.5. The molecule has 2 saturated heterocycles. The third-order valence-electron chi connectivity index (χ3n) is 7.76. The number of hydrogen-bond donors (Lipinski definition) is 1. The van der Waals surface area contributed by atoms with Crippen LogP contribution in [0.3, 0.4) is 0 Å². The summed E-state index contributed by atoms with van der Waals surface area (Å²) in [5.74, 6) is -0.331. The van der Waals surface area contributed by atoms with Gasteiger partial charge in [-0.2, -0.15) is 5.06 Å². The second-order valence-electron chi connectivity index (χ2n) is 13.5. The molecule has 210 valence electrons. The van der Waals surface area contributed by atoms with Gasteiger partial charge in [0.2, 0.25) is 0 Å². The highest BCUT2D eigenvalue weighted by Crippen LogP contribution is 2.39. The van der Waals surface area contributed by atoms with Crippen molar-refractivity contribution < 1.29 is 24.3 Å². The fraction of sp³-hybridized carbons (Fsp3) is 0.929. The van der Waals surface area contributed by atoms with Crippen LogP contribution in [0.2, 0.25) is 0 Å². The number of carbonyl (C=O) groups excluding carboxylic acids is 2. The number of piperidine rings is 2. The lowest BCUT2D eigenvalue weighted by Gasteiger charge is -2.59. The number of esters is 2. The fourth-order valence-corrected chi connectivity index (χ4v) is 6.25. The number of hydrogen-bond acceptors (Lipinski definition) is 8. The predicted molar refractivity (Wildman–Crippen MR) is 140 cm³/mol. The van der Waals surface area contributed by atoms with E-state index in [1.54, 1.807) is 0 Å². The molecule has 0 atom stereocenters. The SMILES string of the molecule is CC1(C)CC(OC(=O)CCCCCCCCC(=O)OC2CC(C)(C)N(O)C(C)(C)C2)CC(C)(C)N1[O-]. The minimum Gasteiger partial charge on any atom is -0.784 e. The molecule has 2 rings (SSSR count). The van der Waals surface area contributed by atoms with Crippen molar-refractivity contribution in [3.05, 3.63) is 5.21 Å². The molecule has 0 aromatic carbocycles. The molecule has 2 heterocycles. The Balaban J connectivity index is 1.54. The maximum Gasteiger partial charge on any atom is 0.306 e. The summed E-state index contributed by atoms with van der Waals surface area (Å²) < 4.78 is 11.4. The van der Waals surface area contributed by atoms with Crippen molar-refractivity contribution in [2.75, 3.05) is 0 Å². The van der Waals surface area contributed by atoms with E-state index in [1.165, 1.54) is 5.06 Å². The monoisotopic (exact) mass is 511 g/mol. The van der Waals surface area contributed by atoms with Crippen molar-refractivity contribution in [3.8, 4) is 0 Å². The van der Waals surface area contributed by atoms with Crippen LogP contribution in [0.1, 0.15) is 132 Å². The summed E-state index contributed by atoms with van der Waals surface area (Å²) in [5, 5.41) is 25.4. The van der Waals surface area contributed by atoms with Gasteiger partial charge < -0.3 is 25.0 Å². The summed E-state index contributed by atoms with van der Waals surface area (Å²) in [5.41, 5.74) is -1.94. The topological polar surface area (TPSA) is 102 Å². The molecule has 8 heteroatoms. The standard InChI is InChI=1S/C28H51N2O6/c1-25(2)17-21(18-26(3,4)29(25)33)35-23(31)15-13-11-9-10-12-14-16-24(32)36-22-19-27(5,6)30(34)28(7,8)20-22/h21-22,33H,9-20H2,1-8H3/q-1. The molecule has 0 aromatic rings. The van der Waals surface area contributed by atoms with E-state index < -0.39 is 22.2 Å². The Bertz CT molecular complexity index is 650. The molecule has 2 aliphatic rings. The highest BCUT2D eigenvalue weighted by Gasteiger charge is 2.46. The summed E-state index contributed by atoms with van der Waals surface area (Å²) in [7, 11) is 0. The molecule has 0 spiro atoms. The smallest absolute Gasteiger partial charge is 0.306 e. The Hall–Kier alpha value is -1.22. The van der Waals surface area contributed by atoms with Crippen molar-refractivity contribution >= 4 is 11.9 Å².